The summed E-state index contributed by atoms with van der Waals surface area (Å²) < 4.78 is 13.7. The SMILES string of the molecule is Cc1ccc2n(c1=O)C(COC1CCC(c3ccco3)CC1)C(N)CC2. The van der Waals surface area contributed by atoms with Crippen molar-refractivity contribution in [1.82, 2.24) is 4.57 Å². The van der Waals surface area contributed by atoms with Gasteiger partial charge in [-0.15, -0.1) is 0 Å². The summed E-state index contributed by atoms with van der Waals surface area (Å²) in [5, 5.41) is 0. The Morgan fingerprint density at radius 1 is 1.19 bits per heavy atom. The number of rotatable bonds is 4. The molecule has 2 aromatic heterocycles. The van der Waals surface area contributed by atoms with Crippen LogP contribution in [0.4, 0.5) is 0 Å². The van der Waals surface area contributed by atoms with Crippen molar-refractivity contribution in [3.63, 3.8) is 0 Å². The highest BCUT2D eigenvalue weighted by atomic mass is 16.5. The smallest absolute Gasteiger partial charge is 0.254 e. The molecule has 26 heavy (non-hydrogen) atoms. The molecule has 0 amide bonds. The molecular formula is C21H28N2O3. The van der Waals surface area contributed by atoms with Crippen LogP contribution in [0.3, 0.4) is 0 Å². The lowest BCUT2D eigenvalue weighted by molar-refractivity contribution is -0.00154. The van der Waals surface area contributed by atoms with Gasteiger partial charge in [-0.05, 0) is 63.6 Å². The molecule has 5 heteroatoms. The minimum absolute atomic E-state index is 0.0264. The van der Waals surface area contributed by atoms with Gasteiger partial charge in [0.25, 0.3) is 5.56 Å². The summed E-state index contributed by atoms with van der Waals surface area (Å²) in [6, 6.07) is 7.91. The highest BCUT2D eigenvalue weighted by Gasteiger charge is 2.30. The number of aryl methyl sites for hydroxylation is 2. The van der Waals surface area contributed by atoms with Crippen molar-refractivity contribution in [2.45, 2.75) is 69.6 Å². The predicted molar refractivity (Wildman–Crippen MR) is 100 cm³/mol. The van der Waals surface area contributed by atoms with Gasteiger partial charge < -0.3 is 19.5 Å². The van der Waals surface area contributed by atoms with Gasteiger partial charge in [0.1, 0.15) is 5.76 Å². The number of ether oxygens (including phenoxy) is 1. The van der Waals surface area contributed by atoms with Gasteiger partial charge in [-0.1, -0.05) is 6.07 Å². The predicted octanol–water partition coefficient (Wildman–Crippen LogP) is 3.31. The van der Waals surface area contributed by atoms with Crippen molar-refractivity contribution < 1.29 is 9.15 Å². The largest absolute Gasteiger partial charge is 0.469 e. The van der Waals surface area contributed by atoms with Crippen molar-refractivity contribution in [2.24, 2.45) is 5.73 Å². The first kappa shape index (κ1) is 17.6. The first-order valence-corrected chi connectivity index (χ1v) is 9.75. The fourth-order valence-electron chi connectivity index (χ4n) is 4.43. The maximum absolute atomic E-state index is 12.6. The lowest BCUT2D eigenvalue weighted by Gasteiger charge is -2.35. The molecule has 1 fully saturated rings. The van der Waals surface area contributed by atoms with Gasteiger partial charge in [-0.2, -0.15) is 0 Å². The first-order chi connectivity index (χ1) is 12.6. The van der Waals surface area contributed by atoms with E-state index in [4.69, 9.17) is 14.9 Å². The van der Waals surface area contributed by atoms with Crippen LogP contribution in [0.5, 0.6) is 0 Å². The normalized spacial score (nSPS) is 28.7. The average Bonchev–Trinajstić information content (AvgIpc) is 3.19. The third-order valence-corrected chi connectivity index (χ3v) is 6.07. The third-order valence-electron chi connectivity index (χ3n) is 6.07. The highest BCUT2D eigenvalue weighted by molar-refractivity contribution is 5.18. The van der Waals surface area contributed by atoms with E-state index in [-0.39, 0.29) is 23.7 Å². The first-order valence-electron chi connectivity index (χ1n) is 9.75. The Kier molecular flexibility index (Phi) is 5.00. The molecule has 2 aliphatic rings. The van der Waals surface area contributed by atoms with Gasteiger partial charge in [0.2, 0.25) is 0 Å². The minimum atomic E-state index is -0.0612. The van der Waals surface area contributed by atoms with Crippen LogP contribution in [-0.2, 0) is 11.2 Å². The summed E-state index contributed by atoms with van der Waals surface area (Å²) in [7, 11) is 0. The Morgan fingerprint density at radius 2 is 2.00 bits per heavy atom. The molecule has 1 aliphatic heterocycles. The maximum atomic E-state index is 12.6. The van der Waals surface area contributed by atoms with E-state index in [1.165, 1.54) is 0 Å². The summed E-state index contributed by atoms with van der Waals surface area (Å²) in [4.78, 5) is 12.6. The van der Waals surface area contributed by atoms with E-state index in [9.17, 15) is 4.79 Å². The molecule has 2 atom stereocenters. The Balaban J connectivity index is 1.40. The maximum Gasteiger partial charge on any atom is 0.254 e. The molecule has 1 aliphatic carbocycles. The van der Waals surface area contributed by atoms with Gasteiger partial charge in [0, 0.05) is 23.2 Å². The van der Waals surface area contributed by atoms with E-state index < -0.39 is 0 Å². The zero-order chi connectivity index (χ0) is 18.1. The molecule has 0 bridgehead atoms. The molecule has 2 N–H and O–H groups in total. The molecule has 140 valence electrons. The molecule has 1 saturated carbocycles. The second kappa shape index (κ2) is 7.41. The Hall–Kier alpha value is -1.85. The van der Waals surface area contributed by atoms with Crippen LogP contribution in [0.1, 0.15) is 61.1 Å². The van der Waals surface area contributed by atoms with Gasteiger partial charge >= 0.3 is 0 Å². The van der Waals surface area contributed by atoms with Crippen LogP contribution >= 0.6 is 0 Å². The van der Waals surface area contributed by atoms with Crippen LogP contribution in [0.2, 0.25) is 0 Å². The second-order valence-corrected chi connectivity index (χ2v) is 7.78. The van der Waals surface area contributed by atoms with Crippen LogP contribution in [0.15, 0.2) is 39.7 Å². The summed E-state index contributed by atoms with van der Waals surface area (Å²) in [6.45, 7) is 2.39. The topological polar surface area (TPSA) is 70.4 Å². The number of nitrogens with two attached hydrogens (primary N) is 1. The van der Waals surface area contributed by atoms with Gasteiger partial charge in [-0.3, -0.25) is 4.79 Å². The molecular weight excluding hydrogens is 328 g/mol. The Bertz CT molecular complexity index is 788. The van der Waals surface area contributed by atoms with E-state index in [2.05, 4.69) is 12.1 Å². The van der Waals surface area contributed by atoms with Crippen molar-refractivity contribution in [1.29, 1.82) is 0 Å². The number of hydrogen-bond donors (Lipinski definition) is 1. The van der Waals surface area contributed by atoms with Crippen LogP contribution in [-0.4, -0.2) is 23.3 Å². The molecule has 3 heterocycles. The Labute approximate surface area is 154 Å². The fraction of sp³-hybridized carbons (Fsp3) is 0.571. The quantitative estimate of drug-likeness (QED) is 0.912. The average molecular weight is 356 g/mol. The number of fused-ring (bicyclic) bond motifs is 1. The summed E-state index contributed by atoms with van der Waals surface area (Å²) in [5.74, 6) is 1.60. The molecule has 0 aromatic carbocycles. The zero-order valence-corrected chi connectivity index (χ0v) is 15.4. The van der Waals surface area contributed by atoms with Crippen LogP contribution < -0.4 is 11.3 Å². The van der Waals surface area contributed by atoms with E-state index in [0.29, 0.717) is 12.5 Å². The van der Waals surface area contributed by atoms with E-state index in [1.807, 2.05) is 23.6 Å². The number of hydrogen-bond acceptors (Lipinski definition) is 4. The number of furan rings is 1. The van der Waals surface area contributed by atoms with E-state index >= 15 is 0 Å². The minimum Gasteiger partial charge on any atom is -0.469 e. The molecule has 5 nitrogen and oxygen atoms in total. The van der Waals surface area contributed by atoms with Crippen LogP contribution in [0.25, 0.3) is 0 Å². The molecule has 4 rings (SSSR count). The fourth-order valence-corrected chi connectivity index (χ4v) is 4.43. The summed E-state index contributed by atoms with van der Waals surface area (Å²) >= 11 is 0. The van der Waals surface area contributed by atoms with Crippen molar-refractivity contribution in [3.05, 3.63) is 57.9 Å². The van der Waals surface area contributed by atoms with Crippen LogP contribution in [0, 0.1) is 6.92 Å². The monoisotopic (exact) mass is 356 g/mol. The molecule has 0 radical (unpaired) electrons. The van der Waals surface area contributed by atoms with E-state index in [0.717, 1.165) is 55.5 Å². The van der Waals surface area contributed by atoms with Gasteiger partial charge in [0.05, 0.1) is 25.0 Å². The molecule has 0 saturated heterocycles. The van der Waals surface area contributed by atoms with Crippen molar-refractivity contribution >= 4 is 0 Å². The summed E-state index contributed by atoms with van der Waals surface area (Å²) in [5.41, 5.74) is 8.29. The van der Waals surface area contributed by atoms with E-state index in [1.54, 1.807) is 6.26 Å². The Morgan fingerprint density at radius 3 is 2.73 bits per heavy atom. The molecule has 0 spiro atoms. The standard InChI is InChI=1S/C21H28N2O3/c1-14-4-7-16-8-11-18(22)19(23(16)21(14)24)13-26-17-9-5-15(6-10-17)20-3-2-12-25-20/h2-4,7,12,15,17-19H,5-6,8-11,13,22H2,1H3. The molecule has 2 unspecified atom stereocenters. The summed E-state index contributed by atoms with van der Waals surface area (Å²) in [6.07, 6.45) is 8.00. The number of aromatic nitrogens is 1. The van der Waals surface area contributed by atoms with Crippen molar-refractivity contribution in [2.75, 3.05) is 6.61 Å². The molecule has 2 aromatic rings. The lowest BCUT2D eigenvalue weighted by Crippen LogP contribution is -2.46. The van der Waals surface area contributed by atoms with Gasteiger partial charge in [0.15, 0.2) is 0 Å². The van der Waals surface area contributed by atoms with Crippen molar-refractivity contribution in [3.8, 4) is 0 Å². The zero-order valence-electron chi connectivity index (χ0n) is 15.4. The number of nitrogens with zero attached hydrogens (tertiary/aromatic N) is 1. The lowest BCUT2D eigenvalue weighted by atomic mass is 9.86. The third kappa shape index (κ3) is 3.38. The van der Waals surface area contributed by atoms with Gasteiger partial charge in [-0.25, -0.2) is 0 Å². The second-order valence-electron chi connectivity index (χ2n) is 7.78. The highest BCUT2D eigenvalue weighted by Crippen LogP contribution is 2.34. The number of pyridine rings is 1.